The van der Waals surface area contributed by atoms with Gasteiger partial charge < -0.3 is 9.64 Å². The number of fused-ring (bicyclic) bond motifs is 1. The van der Waals surface area contributed by atoms with E-state index in [4.69, 9.17) is 4.74 Å². The lowest BCUT2D eigenvalue weighted by molar-refractivity contribution is -0.141. The van der Waals surface area contributed by atoms with Gasteiger partial charge in [0.2, 0.25) is 0 Å². The summed E-state index contributed by atoms with van der Waals surface area (Å²) in [6.07, 6.45) is -1.26. The van der Waals surface area contributed by atoms with Crippen LogP contribution in [0.25, 0.3) is 5.78 Å². The number of halogens is 3. The molecule has 0 N–H and O–H groups in total. The predicted octanol–water partition coefficient (Wildman–Crippen LogP) is 1.83. The van der Waals surface area contributed by atoms with Crippen LogP contribution >= 0.6 is 0 Å². The first-order chi connectivity index (χ1) is 12.4. The fourth-order valence-electron chi connectivity index (χ4n) is 3.80. The third-order valence-electron chi connectivity index (χ3n) is 5.10. The molecule has 4 heterocycles. The molecule has 0 spiro atoms. The maximum atomic E-state index is 13.2. The Morgan fingerprint density at radius 3 is 2.65 bits per heavy atom. The Balaban J connectivity index is 1.53. The van der Waals surface area contributed by atoms with Gasteiger partial charge in [0, 0.05) is 38.3 Å². The largest absolute Gasteiger partial charge is 0.433 e. The van der Waals surface area contributed by atoms with Crippen LogP contribution in [0.5, 0.6) is 0 Å². The molecule has 2 saturated heterocycles. The molecule has 26 heavy (non-hydrogen) atoms. The van der Waals surface area contributed by atoms with Gasteiger partial charge in [0.15, 0.2) is 5.69 Å². The smallest absolute Gasteiger partial charge is 0.376 e. The Labute approximate surface area is 148 Å². The summed E-state index contributed by atoms with van der Waals surface area (Å²) >= 11 is 0. The first-order valence-electron chi connectivity index (χ1n) is 8.80. The molecule has 0 amide bonds. The molecule has 142 valence electrons. The van der Waals surface area contributed by atoms with Crippen molar-refractivity contribution in [2.45, 2.75) is 38.1 Å². The summed E-state index contributed by atoms with van der Waals surface area (Å²) < 4.78 is 46.4. The number of hydrogen-bond donors (Lipinski definition) is 0. The molecule has 2 fully saturated rings. The topological polar surface area (TPSA) is 58.8 Å². The molecule has 2 aromatic rings. The number of hydrogen-bond acceptors (Lipinski definition) is 6. The van der Waals surface area contributed by atoms with E-state index in [2.05, 4.69) is 26.9 Å². The Kier molecular flexibility index (Phi) is 4.47. The average Bonchev–Trinajstić information content (AvgIpc) is 3.09. The molecule has 1 unspecified atom stereocenters. The van der Waals surface area contributed by atoms with Crippen molar-refractivity contribution in [2.75, 3.05) is 37.7 Å². The van der Waals surface area contributed by atoms with Gasteiger partial charge in [-0.15, -0.1) is 0 Å². The van der Waals surface area contributed by atoms with Crippen LogP contribution in [0.3, 0.4) is 0 Å². The number of rotatable bonds is 2. The lowest BCUT2D eigenvalue weighted by Crippen LogP contribution is -2.51. The van der Waals surface area contributed by atoms with E-state index in [9.17, 15) is 13.2 Å². The Morgan fingerprint density at radius 1 is 1.19 bits per heavy atom. The van der Waals surface area contributed by atoms with Crippen LogP contribution in [0.2, 0.25) is 0 Å². The van der Waals surface area contributed by atoms with Gasteiger partial charge in [-0.25, -0.2) is 4.98 Å². The number of ether oxygens (including phenoxy) is 1. The van der Waals surface area contributed by atoms with Gasteiger partial charge in [-0.2, -0.15) is 27.8 Å². The minimum atomic E-state index is -4.51. The second-order valence-corrected chi connectivity index (χ2v) is 6.86. The summed E-state index contributed by atoms with van der Waals surface area (Å²) in [6.45, 7) is 5.97. The molecule has 2 aliphatic heterocycles. The van der Waals surface area contributed by atoms with Gasteiger partial charge in [0.1, 0.15) is 12.1 Å². The molecule has 0 saturated carbocycles. The van der Waals surface area contributed by atoms with Crippen molar-refractivity contribution in [1.29, 1.82) is 0 Å². The molecular formula is C16H21F3N6O. The van der Waals surface area contributed by atoms with E-state index in [1.54, 1.807) is 0 Å². The van der Waals surface area contributed by atoms with Gasteiger partial charge in [-0.05, 0) is 19.8 Å². The molecule has 2 aromatic heterocycles. The van der Waals surface area contributed by atoms with Crippen molar-refractivity contribution in [1.82, 2.24) is 24.5 Å². The Hall–Kier alpha value is -1.94. The van der Waals surface area contributed by atoms with Gasteiger partial charge in [-0.3, -0.25) is 4.90 Å². The molecule has 7 nitrogen and oxygen atoms in total. The van der Waals surface area contributed by atoms with Gasteiger partial charge >= 0.3 is 6.18 Å². The van der Waals surface area contributed by atoms with Crippen molar-refractivity contribution in [2.24, 2.45) is 0 Å². The molecule has 2 aliphatic rings. The highest BCUT2D eigenvalue weighted by atomic mass is 19.4. The van der Waals surface area contributed by atoms with E-state index in [-0.39, 0.29) is 11.9 Å². The minimum absolute atomic E-state index is 0.0287. The van der Waals surface area contributed by atoms with E-state index >= 15 is 0 Å². The van der Waals surface area contributed by atoms with E-state index in [0.29, 0.717) is 24.9 Å². The first-order valence-corrected chi connectivity index (χ1v) is 8.80. The van der Waals surface area contributed by atoms with Crippen molar-refractivity contribution >= 4 is 11.6 Å². The summed E-state index contributed by atoms with van der Waals surface area (Å²) in [7, 11) is 0. The zero-order valence-corrected chi connectivity index (χ0v) is 14.5. The number of alkyl halides is 3. The summed E-state index contributed by atoms with van der Waals surface area (Å²) in [4.78, 5) is 11.8. The van der Waals surface area contributed by atoms with Crippen LogP contribution in [0.4, 0.5) is 19.0 Å². The highest BCUT2D eigenvalue weighted by Crippen LogP contribution is 2.31. The lowest BCUT2D eigenvalue weighted by atomic mass is 10.0. The van der Waals surface area contributed by atoms with Crippen LogP contribution < -0.4 is 4.90 Å². The number of piperidine rings is 1. The van der Waals surface area contributed by atoms with Crippen molar-refractivity contribution in [3.63, 3.8) is 0 Å². The Morgan fingerprint density at radius 2 is 1.96 bits per heavy atom. The van der Waals surface area contributed by atoms with Gasteiger partial charge in [0.05, 0.1) is 12.7 Å². The van der Waals surface area contributed by atoms with Crippen molar-refractivity contribution in [3.8, 4) is 0 Å². The maximum Gasteiger partial charge on any atom is 0.433 e. The molecule has 4 rings (SSSR count). The lowest BCUT2D eigenvalue weighted by Gasteiger charge is -2.42. The van der Waals surface area contributed by atoms with Crippen LogP contribution in [-0.2, 0) is 10.9 Å². The Bertz CT molecular complexity index is 771. The van der Waals surface area contributed by atoms with Crippen LogP contribution in [0.15, 0.2) is 12.4 Å². The standard InChI is InChI=1S/C16H21F3N6O/c1-11-9-24(6-7-26-11)12-2-4-23(5-3-12)14-8-13(16(17,18)19)22-15-20-10-21-25(14)15/h8,10-12H,2-7,9H2,1H3. The van der Waals surface area contributed by atoms with E-state index < -0.39 is 11.9 Å². The number of nitrogens with zero attached hydrogens (tertiary/aromatic N) is 6. The number of aromatic nitrogens is 4. The molecule has 0 bridgehead atoms. The fraction of sp³-hybridized carbons (Fsp3) is 0.688. The third kappa shape index (κ3) is 3.35. The second kappa shape index (κ2) is 6.66. The zero-order valence-electron chi connectivity index (χ0n) is 14.5. The highest BCUT2D eigenvalue weighted by Gasteiger charge is 2.35. The first kappa shape index (κ1) is 17.5. The molecule has 1 atom stereocenters. The van der Waals surface area contributed by atoms with Crippen molar-refractivity contribution < 1.29 is 17.9 Å². The van der Waals surface area contributed by atoms with E-state index in [1.807, 2.05) is 4.90 Å². The fourth-order valence-corrected chi connectivity index (χ4v) is 3.80. The summed E-state index contributed by atoms with van der Waals surface area (Å²) in [5.74, 6) is 0.368. The van der Waals surface area contributed by atoms with Crippen LogP contribution in [0.1, 0.15) is 25.5 Å². The predicted molar refractivity (Wildman–Crippen MR) is 88.0 cm³/mol. The third-order valence-corrected chi connectivity index (χ3v) is 5.10. The van der Waals surface area contributed by atoms with E-state index in [0.717, 1.165) is 38.6 Å². The molecule has 0 radical (unpaired) electrons. The van der Waals surface area contributed by atoms with E-state index in [1.165, 1.54) is 10.8 Å². The number of morpholine rings is 1. The quantitative estimate of drug-likeness (QED) is 0.804. The van der Waals surface area contributed by atoms with Crippen LogP contribution in [0, 0.1) is 0 Å². The van der Waals surface area contributed by atoms with Crippen LogP contribution in [-0.4, -0.2) is 69.4 Å². The number of anilines is 1. The zero-order chi connectivity index (χ0) is 18.3. The SMILES string of the molecule is CC1CN(C2CCN(c3cc(C(F)(F)F)nc4ncnn34)CC2)CCO1. The molecular weight excluding hydrogens is 349 g/mol. The van der Waals surface area contributed by atoms with Gasteiger partial charge in [0.25, 0.3) is 5.78 Å². The maximum absolute atomic E-state index is 13.2. The normalized spacial score (nSPS) is 23.7. The molecule has 0 aromatic carbocycles. The monoisotopic (exact) mass is 370 g/mol. The summed E-state index contributed by atoms with van der Waals surface area (Å²) in [6, 6.07) is 1.51. The molecule has 0 aliphatic carbocycles. The highest BCUT2D eigenvalue weighted by molar-refractivity contribution is 5.48. The summed E-state index contributed by atoms with van der Waals surface area (Å²) in [5.41, 5.74) is -0.933. The summed E-state index contributed by atoms with van der Waals surface area (Å²) in [5, 5.41) is 4.04. The minimum Gasteiger partial charge on any atom is -0.376 e. The van der Waals surface area contributed by atoms with Gasteiger partial charge in [-0.1, -0.05) is 0 Å². The molecule has 10 heteroatoms. The van der Waals surface area contributed by atoms with Crippen molar-refractivity contribution in [3.05, 3.63) is 18.1 Å². The average molecular weight is 370 g/mol. The second-order valence-electron chi connectivity index (χ2n) is 6.86.